The lowest BCUT2D eigenvalue weighted by molar-refractivity contribution is 0.0747. The fourth-order valence-corrected chi connectivity index (χ4v) is 4.78. The molecule has 0 spiro atoms. The summed E-state index contributed by atoms with van der Waals surface area (Å²) in [6.07, 6.45) is -0.163. The minimum atomic E-state index is -3.16. The molecule has 0 aliphatic carbocycles. The molecule has 1 aromatic heterocycles. The van der Waals surface area contributed by atoms with E-state index in [1.54, 1.807) is 32.8 Å². The molecule has 1 fully saturated rings. The standard InChI is InChI=1S/C14H22N2O4S2/c1-9-11(21-12(15-9)10(2)20-5)13(17)16-6-7-22(18,19)14(3,4)8-16/h10H,6-8H2,1-5H3. The van der Waals surface area contributed by atoms with Gasteiger partial charge in [0, 0.05) is 20.2 Å². The first-order valence-electron chi connectivity index (χ1n) is 7.11. The zero-order valence-corrected chi connectivity index (χ0v) is 15.2. The predicted octanol–water partition coefficient (Wildman–Crippen LogP) is 1.81. The second-order valence-electron chi connectivity index (χ2n) is 6.15. The Morgan fingerprint density at radius 3 is 2.64 bits per heavy atom. The van der Waals surface area contributed by atoms with Crippen LogP contribution in [0.3, 0.4) is 0 Å². The van der Waals surface area contributed by atoms with Gasteiger partial charge < -0.3 is 9.64 Å². The van der Waals surface area contributed by atoms with Crippen molar-refractivity contribution in [3.8, 4) is 0 Å². The third-order valence-corrected chi connectivity index (χ3v) is 7.88. The molecule has 0 bridgehead atoms. The molecule has 1 amide bonds. The van der Waals surface area contributed by atoms with Crippen LogP contribution in [0.5, 0.6) is 0 Å². The fraction of sp³-hybridized carbons (Fsp3) is 0.714. The van der Waals surface area contributed by atoms with E-state index in [-0.39, 0.29) is 30.9 Å². The molecule has 1 unspecified atom stereocenters. The normalized spacial score (nSPS) is 21.6. The number of carbonyl (C=O) groups excluding carboxylic acids is 1. The monoisotopic (exact) mass is 346 g/mol. The number of nitrogens with zero attached hydrogens (tertiary/aromatic N) is 2. The van der Waals surface area contributed by atoms with Crippen molar-refractivity contribution in [2.75, 3.05) is 26.0 Å². The average Bonchev–Trinajstić information content (AvgIpc) is 2.82. The van der Waals surface area contributed by atoms with E-state index in [0.29, 0.717) is 10.6 Å². The number of aromatic nitrogens is 1. The number of methoxy groups -OCH3 is 1. The second-order valence-corrected chi connectivity index (χ2v) is 9.92. The van der Waals surface area contributed by atoms with Crippen molar-refractivity contribution in [2.24, 2.45) is 0 Å². The molecule has 1 aliphatic rings. The molecular formula is C14H22N2O4S2. The van der Waals surface area contributed by atoms with Gasteiger partial charge in [0.05, 0.1) is 16.2 Å². The largest absolute Gasteiger partial charge is 0.375 e. The van der Waals surface area contributed by atoms with Gasteiger partial charge in [-0.15, -0.1) is 11.3 Å². The molecule has 0 aromatic carbocycles. The Labute approximate surface area is 135 Å². The smallest absolute Gasteiger partial charge is 0.265 e. The molecule has 0 N–H and O–H groups in total. The number of carbonyl (C=O) groups is 1. The van der Waals surface area contributed by atoms with Gasteiger partial charge in [0.25, 0.3) is 5.91 Å². The molecule has 8 heteroatoms. The molecule has 1 aromatic rings. The zero-order chi connectivity index (χ0) is 16.7. The average molecular weight is 346 g/mol. The molecule has 6 nitrogen and oxygen atoms in total. The van der Waals surface area contributed by atoms with Gasteiger partial charge in [0.1, 0.15) is 16.0 Å². The van der Waals surface area contributed by atoms with Crippen LogP contribution < -0.4 is 0 Å². The number of hydrogen-bond acceptors (Lipinski definition) is 6. The lowest BCUT2D eigenvalue weighted by Gasteiger charge is -2.37. The van der Waals surface area contributed by atoms with Crippen molar-refractivity contribution in [1.29, 1.82) is 0 Å². The molecule has 1 aliphatic heterocycles. The number of hydrogen-bond donors (Lipinski definition) is 0. The van der Waals surface area contributed by atoms with Crippen LogP contribution in [0.15, 0.2) is 0 Å². The van der Waals surface area contributed by atoms with Gasteiger partial charge in [-0.3, -0.25) is 4.79 Å². The molecule has 0 saturated carbocycles. The number of rotatable bonds is 3. The predicted molar refractivity (Wildman–Crippen MR) is 86.0 cm³/mol. The maximum Gasteiger partial charge on any atom is 0.265 e. The number of aryl methyl sites for hydroxylation is 1. The number of ether oxygens (including phenoxy) is 1. The lowest BCUT2D eigenvalue weighted by Crippen LogP contribution is -2.54. The van der Waals surface area contributed by atoms with E-state index in [9.17, 15) is 13.2 Å². The Kier molecular flexibility index (Phi) is 4.66. The van der Waals surface area contributed by atoms with E-state index in [2.05, 4.69) is 4.98 Å². The van der Waals surface area contributed by atoms with Crippen LogP contribution >= 0.6 is 11.3 Å². The van der Waals surface area contributed by atoms with Crippen molar-refractivity contribution in [3.63, 3.8) is 0 Å². The van der Waals surface area contributed by atoms with Gasteiger partial charge >= 0.3 is 0 Å². The van der Waals surface area contributed by atoms with Crippen LogP contribution in [-0.2, 0) is 14.6 Å². The Morgan fingerprint density at radius 2 is 2.09 bits per heavy atom. The number of thiazole rings is 1. The van der Waals surface area contributed by atoms with Crippen molar-refractivity contribution < 1.29 is 17.9 Å². The van der Waals surface area contributed by atoms with E-state index in [1.807, 2.05) is 6.92 Å². The van der Waals surface area contributed by atoms with Crippen LogP contribution in [0.25, 0.3) is 0 Å². The van der Waals surface area contributed by atoms with Crippen molar-refractivity contribution in [3.05, 3.63) is 15.6 Å². The van der Waals surface area contributed by atoms with Gasteiger partial charge in [-0.2, -0.15) is 0 Å². The van der Waals surface area contributed by atoms with E-state index < -0.39 is 14.6 Å². The lowest BCUT2D eigenvalue weighted by atomic mass is 10.2. The summed E-state index contributed by atoms with van der Waals surface area (Å²) in [6, 6.07) is 0. The highest BCUT2D eigenvalue weighted by Gasteiger charge is 2.42. The second kappa shape index (κ2) is 5.90. The van der Waals surface area contributed by atoms with Crippen LogP contribution in [0.2, 0.25) is 0 Å². The van der Waals surface area contributed by atoms with Crippen LogP contribution in [0, 0.1) is 6.92 Å². The van der Waals surface area contributed by atoms with Gasteiger partial charge in [0.15, 0.2) is 9.84 Å². The molecule has 1 atom stereocenters. The van der Waals surface area contributed by atoms with Crippen molar-refractivity contribution in [2.45, 2.75) is 38.5 Å². The van der Waals surface area contributed by atoms with E-state index in [1.165, 1.54) is 11.3 Å². The quantitative estimate of drug-likeness (QED) is 0.834. The molecule has 22 heavy (non-hydrogen) atoms. The topological polar surface area (TPSA) is 76.6 Å². The summed E-state index contributed by atoms with van der Waals surface area (Å²) in [7, 11) is -1.56. The van der Waals surface area contributed by atoms with Gasteiger partial charge in [-0.05, 0) is 27.7 Å². The number of amides is 1. The Hall–Kier alpha value is -0.990. The summed E-state index contributed by atoms with van der Waals surface area (Å²) >= 11 is 1.32. The highest BCUT2D eigenvalue weighted by Crippen LogP contribution is 2.29. The van der Waals surface area contributed by atoms with Crippen molar-refractivity contribution >= 4 is 27.1 Å². The first kappa shape index (κ1) is 17.4. The molecular weight excluding hydrogens is 324 g/mol. The van der Waals surface area contributed by atoms with Crippen molar-refractivity contribution in [1.82, 2.24) is 9.88 Å². The summed E-state index contributed by atoms with van der Waals surface area (Å²) in [6.45, 7) is 7.45. The van der Waals surface area contributed by atoms with Crippen LogP contribution in [0.4, 0.5) is 0 Å². The van der Waals surface area contributed by atoms with Crippen LogP contribution in [-0.4, -0.2) is 54.9 Å². The third-order valence-electron chi connectivity index (χ3n) is 4.04. The first-order valence-corrected chi connectivity index (χ1v) is 9.57. The maximum absolute atomic E-state index is 12.7. The SMILES string of the molecule is COC(C)c1nc(C)c(C(=O)N2CCS(=O)(=O)C(C)(C)C2)s1. The van der Waals surface area contributed by atoms with E-state index in [4.69, 9.17) is 4.74 Å². The van der Waals surface area contributed by atoms with Gasteiger partial charge in [-0.25, -0.2) is 13.4 Å². The highest BCUT2D eigenvalue weighted by atomic mass is 32.2. The molecule has 2 heterocycles. The first-order chi connectivity index (χ1) is 10.1. The zero-order valence-electron chi connectivity index (χ0n) is 13.5. The Morgan fingerprint density at radius 1 is 1.45 bits per heavy atom. The maximum atomic E-state index is 12.7. The third kappa shape index (κ3) is 3.04. The number of sulfone groups is 1. The molecule has 0 radical (unpaired) electrons. The minimum Gasteiger partial charge on any atom is -0.375 e. The molecule has 124 valence electrons. The highest BCUT2D eigenvalue weighted by molar-refractivity contribution is 7.92. The summed E-state index contributed by atoms with van der Waals surface area (Å²) in [4.78, 5) is 19.3. The molecule has 2 rings (SSSR count). The van der Waals surface area contributed by atoms with Gasteiger partial charge in [0.2, 0.25) is 0 Å². The Balaban J connectivity index is 2.25. The molecule has 1 saturated heterocycles. The summed E-state index contributed by atoms with van der Waals surface area (Å²) in [5, 5.41) is 0.757. The summed E-state index contributed by atoms with van der Waals surface area (Å²) < 4.78 is 28.4. The summed E-state index contributed by atoms with van der Waals surface area (Å²) in [5.74, 6) is -0.141. The van der Waals surface area contributed by atoms with Crippen LogP contribution in [0.1, 0.15) is 47.2 Å². The summed E-state index contributed by atoms with van der Waals surface area (Å²) in [5.41, 5.74) is 0.667. The van der Waals surface area contributed by atoms with E-state index in [0.717, 1.165) is 5.01 Å². The minimum absolute atomic E-state index is 0.00488. The fourth-order valence-electron chi connectivity index (χ4n) is 2.35. The van der Waals surface area contributed by atoms with Gasteiger partial charge in [-0.1, -0.05) is 0 Å². The Bertz CT molecular complexity index is 679. The van der Waals surface area contributed by atoms with E-state index >= 15 is 0 Å².